The summed E-state index contributed by atoms with van der Waals surface area (Å²) in [5.74, 6) is 3.90. The van der Waals surface area contributed by atoms with E-state index in [1.165, 1.54) is 43.9 Å². The van der Waals surface area contributed by atoms with Gasteiger partial charge in [0.25, 0.3) is 0 Å². The van der Waals surface area contributed by atoms with Crippen molar-refractivity contribution < 1.29 is 0 Å². The molecule has 0 aromatic carbocycles. The summed E-state index contributed by atoms with van der Waals surface area (Å²) in [7, 11) is 0. The monoisotopic (exact) mass is 185 g/mol. The summed E-state index contributed by atoms with van der Waals surface area (Å²) >= 11 is 2.16. The van der Waals surface area contributed by atoms with Crippen molar-refractivity contribution in [3.8, 4) is 0 Å². The van der Waals surface area contributed by atoms with Crippen molar-refractivity contribution in [3.63, 3.8) is 0 Å². The zero-order valence-electron chi connectivity index (χ0n) is 7.94. The van der Waals surface area contributed by atoms with E-state index < -0.39 is 0 Å². The van der Waals surface area contributed by atoms with E-state index in [9.17, 15) is 0 Å². The van der Waals surface area contributed by atoms with Gasteiger partial charge < -0.3 is 5.32 Å². The average Bonchev–Trinajstić information content (AvgIpc) is 2.53. The van der Waals surface area contributed by atoms with Gasteiger partial charge in [-0.2, -0.15) is 11.8 Å². The van der Waals surface area contributed by atoms with Crippen molar-refractivity contribution >= 4 is 11.8 Å². The summed E-state index contributed by atoms with van der Waals surface area (Å²) in [5.41, 5.74) is 0.811. The summed E-state index contributed by atoms with van der Waals surface area (Å²) in [4.78, 5) is 0. The van der Waals surface area contributed by atoms with E-state index in [0.29, 0.717) is 0 Å². The Balaban J connectivity index is 1.66. The average molecular weight is 185 g/mol. The SMILES string of the molecule is CCCNCC1CC12CCSC2. The minimum absolute atomic E-state index is 0.811. The van der Waals surface area contributed by atoms with Crippen molar-refractivity contribution in [3.05, 3.63) is 0 Å². The maximum absolute atomic E-state index is 3.54. The predicted octanol–water partition coefficient (Wildman–Crippen LogP) is 2.13. The van der Waals surface area contributed by atoms with Crippen LogP contribution < -0.4 is 5.32 Å². The molecule has 1 nitrogen and oxygen atoms in total. The molecule has 1 aliphatic heterocycles. The molecule has 0 aromatic rings. The van der Waals surface area contributed by atoms with Crippen LogP contribution in [0.25, 0.3) is 0 Å². The second kappa shape index (κ2) is 3.59. The highest BCUT2D eigenvalue weighted by Gasteiger charge is 2.54. The van der Waals surface area contributed by atoms with E-state index in [0.717, 1.165) is 11.3 Å². The minimum atomic E-state index is 0.811. The number of hydrogen-bond donors (Lipinski definition) is 1. The lowest BCUT2D eigenvalue weighted by molar-refractivity contribution is 0.490. The van der Waals surface area contributed by atoms with Gasteiger partial charge in [-0.3, -0.25) is 0 Å². The molecule has 1 aliphatic carbocycles. The first-order chi connectivity index (χ1) is 5.87. The third kappa shape index (κ3) is 1.64. The molecule has 2 fully saturated rings. The molecule has 2 heteroatoms. The molecule has 12 heavy (non-hydrogen) atoms. The molecule has 70 valence electrons. The van der Waals surface area contributed by atoms with Crippen molar-refractivity contribution in [2.45, 2.75) is 26.2 Å². The molecule has 0 aromatic heterocycles. The molecule has 0 bridgehead atoms. The maximum Gasteiger partial charge on any atom is -0.000726 e. The van der Waals surface area contributed by atoms with Crippen LogP contribution in [0, 0.1) is 11.3 Å². The Morgan fingerprint density at radius 3 is 3.17 bits per heavy atom. The molecular weight excluding hydrogens is 166 g/mol. The zero-order valence-corrected chi connectivity index (χ0v) is 8.75. The zero-order chi connectivity index (χ0) is 8.44. The van der Waals surface area contributed by atoms with Gasteiger partial charge in [-0.25, -0.2) is 0 Å². The van der Waals surface area contributed by atoms with Crippen LogP contribution in [0.5, 0.6) is 0 Å². The summed E-state index contributed by atoms with van der Waals surface area (Å²) in [6.07, 6.45) is 4.28. The van der Waals surface area contributed by atoms with Gasteiger partial charge in [0.2, 0.25) is 0 Å². The highest BCUT2D eigenvalue weighted by atomic mass is 32.2. The highest BCUT2D eigenvalue weighted by molar-refractivity contribution is 7.99. The Morgan fingerprint density at radius 2 is 2.50 bits per heavy atom. The Labute approximate surface area is 79.7 Å². The van der Waals surface area contributed by atoms with E-state index in [1.54, 1.807) is 0 Å². The maximum atomic E-state index is 3.54. The van der Waals surface area contributed by atoms with Gasteiger partial charge in [-0.15, -0.1) is 0 Å². The van der Waals surface area contributed by atoms with E-state index in [1.807, 2.05) is 0 Å². The molecule has 2 rings (SSSR count). The topological polar surface area (TPSA) is 12.0 Å². The molecule has 0 radical (unpaired) electrons. The molecule has 2 unspecified atom stereocenters. The largest absolute Gasteiger partial charge is 0.316 e. The fourth-order valence-electron chi connectivity index (χ4n) is 2.28. The van der Waals surface area contributed by atoms with Crippen molar-refractivity contribution in [2.24, 2.45) is 11.3 Å². The number of thioether (sulfide) groups is 1. The van der Waals surface area contributed by atoms with Crippen molar-refractivity contribution in [2.75, 3.05) is 24.6 Å². The molecule has 1 saturated carbocycles. The fraction of sp³-hybridized carbons (Fsp3) is 1.00. The van der Waals surface area contributed by atoms with Gasteiger partial charge in [0.05, 0.1) is 0 Å². The van der Waals surface area contributed by atoms with Crippen LogP contribution in [0.3, 0.4) is 0 Å². The first-order valence-electron chi connectivity index (χ1n) is 5.16. The summed E-state index contributed by atoms with van der Waals surface area (Å²) < 4.78 is 0. The lowest BCUT2D eigenvalue weighted by Gasteiger charge is -2.07. The van der Waals surface area contributed by atoms with Crippen LogP contribution in [0.2, 0.25) is 0 Å². The Morgan fingerprint density at radius 1 is 1.58 bits per heavy atom. The minimum Gasteiger partial charge on any atom is -0.316 e. The quantitative estimate of drug-likeness (QED) is 0.673. The smallest absolute Gasteiger partial charge is 0.000726 e. The van der Waals surface area contributed by atoms with Crippen LogP contribution >= 0.6 is 11.8 Å². The van der Waals surface area contributed by atoms with E-state index >= 15 is 0 Å². The predicted molar refractivity (Wildman–Crippen MR) is 55.6 cm³/mol. The second-order valence-electron chi connectivity index (χ2n) is 4.27. The van der Waals surface area contributed by atoms with E-state index in [4.69, 9.17) is 0 Å². The van der Waals surface area contributed by atoms with Crippen LogP contribution in [-0.2, 0) is 0 Å². The Kier molecular flexibility index (Phi) is 2.66. The first kappa shape index (κ1) is 8.89. The summed E-state index contributed by atoms with van der Waals surface area (Å²) in [6, 6.07) is 0. The Bertz CT molecular complexity index is 152. The van der Waals surface area contributed by atoms with Gasteiger partial charge in [-0.05, 0) is 55.2 Å². The van der Waals surface area contributed by atoms with Gasteiger partial charge in [0, 0.05) is 0 Å². The van der Waals surface area contributed by atoms with E-state index in [-0.39, 0.29) is 0 Å². The van der Waals surface area contributed by atoms with Crippen molar-refractivity contribution in [1.82, 2.24) is 5.32 Å². The molecule has 1 heterocycles. The molecule has 1 saturated heterocycles. The summed E-state index contributed by atoms with van der Waals surface area (Å²) in [5, 5.41) is 3.54. The third-order valence-electron chi connectivity index (χ3n) is 3.31. The van der Waals surface area contributed by atoms with Gasteiger partial charge in [0.1, 0.15) is 0 Å². The Hall–Kier alpha value is 0.310. The molecule has 2 atom stereocenters. The standard InChI is InChI=1S/C10H19NS/c1-2-4-11-7-9-6-10(9)3-5-12-8-10/h9,11H,2-8H2,1H3. The van der Waals surface area contributed by atoms with Gasteiger partial charge >= 0.3 is 0 Å². The molecule has 1 spiro atoms. The molecule has 1 N–H and O–H groups in total. The number of hydrogen-bond acceptors (Lipinski definition) is 2. The summed E-state index contributed by atoms with van der Waals surface area (Å²) in [6.45, 7) is 4.73. The molecular formula is C10H19NS. The lowest BCUT2D eigenvalue weighted by Crippen LogP contribution is -2.20. The number of rotatable bonds is 4. The lowest BCUT2D eigenvalue weighted by atomic mass is 10.0. The van der Waals surface area contributed by atoms with E-state index in [2.05, 4.69) is 24.0 Å². The highest BCUT2D eigenvalue weighted by Crippen LogP contribution is 2.60. The van der Waals surface area contributed by atoms with Gasteiger partial charge in [0.15, 0.2) is 0 Å². The van der Waals surface area contributed by atoms with Crippen LogP contribution in [0.1, 0.15) is 26.2 Å². The molecule has 2 aliphatic rings. The number of nitrogens with one attached hydrogen (secondary N) is 1. The molecule has 0 amide bonds. The normalized spacial score (nSPS) is 39.2. The van der Waals surface area contributed by atoms with Crippen LogP contribution in [-0.4, -0.2) is 24.6 Å². The first-order valence-corrected chi connectivity index (χ1v) is 6.31. The van der Waals surface area contributed by atoms with Gasteiger partial charge in [-0.1, -0.05) is 6.92 Å². The van der Waals surface area contributed by atoms with Crippen molar-refractivity contribution in [1.29, 1.82) is 0 Å². The van der Waals surface area contributed by atoms with Crippen LogP contribution in [0.15, 0.2) is 0 Å². The second-order valence-corrected chi connectivity index (χ2v) is 5.38. The third-order valence-corrected chi connectivity index (χ3v) is 4.58. The van der Waals surface area contributed by atoms with Crippen LogP contribution in [0.4, 0.5) is 0 Å². The fourth-order valence-corrected chi connectivity index (χ4v) is 3.88.